The summed E-state index contributed by atoms with van der Waals surface area (Å²) >= 11 is 0. The summed E-state index contributed by atoms with van der Waals surface area (Å²) in [5.74, 6) is 3.56. The monoisotopic (exact) mass is 332 g/mol. The van der Waals surface area contributed by atoms with Crippen molar-refractivity contribution in [3.8, 4) is 0 Å². The van der Waals surface area contributed by atoms with Crippen molar-refractivity contribution in [3.05, 3.63) is 0 Å². The molecule has 5 aliphatic rings. The molecule has 5 aliphatic carbocycles. The molecule has 0 heterocycles. The summed E-state index contributed by atoms with van der Waals surface area (Å²) in [7, 11) is 0. The van der Waals surface area contributed by atoms with Crippen LogP contribution in [0.4, 0.5) is 0 Å². The lowest BCUT2D eigenvalue weighted by Crippen LogP contribution is -2.61. The van der Waals surface area contributed by atoms with Gasteiger partial charge in [-0.25, -0.2) is 10.4 Å². The molecule has 5 fully saturated rings. The molecule has 5 rings (SSSR count). The van der Waals surface area contributed by atoms with Gasteiger partial charge < -0.3 is 16.8 Å². The third kappa shape index (κ3) is 3.47. The quantitative estimate of drug-likeness (QED) is 0.361. The van der Waals surface area contributed by atoms with Crippen LogP contribution in [0.5, 0.6) is 0 Å². The third-order valence-electron chi connectivity index (χ3n) is 6.60. The maximum absolute atomic E-state index is 5.52. The summed E-state index contributed by atoms with van der Waals surface area (Å²) in [4.78, 5) is 4.96. The first-order valence-corrected chi connectivity index (χ1v) is 9.81. The number of nitrogens with zero attached hydrogens (tertiary/aromatic N) is 2. The Kier molecular flexibility index (Phi) is 4.31. The second kappa shape index (κ2) is 6.45. The topological polar surface area (TPSA) is 101 Å². The lowest BCUT2D eigenvalue weighted by atomic mass is 9.53. The molecule has 0 spiro atoms. The van der Waals surface area contributed by atoms with Crippen molar-refractivity contribution < 1.29 is 0 Å². The molecule has 134 valence electrons. The van der Waals surface area contributed by atoms with Crippen LogP contribution in [0.1, 0.15) is 70.6 Å². The minimum atomic E-state index is 0.0543. The molecule has 6 nitrogen and oxygen atoms in total. The summed E-state index contributed by atoms with van der Waals surface area (Å²) in [5.41, 5.74) is 14.3. The lowest BCUT2D eigenvalue weighted by molar-refractivity contribution is -0.0105. The number of rotatable bonds is 3. The Morgan fingerprint density at radius 1 is 0.875 bits per heavy atom. The van der Waals surface area contributed by atoms with Gasteiger partial charge >= 0.3 is 0 Å². The molecule has 0 aromatic rings. The number of hydrazone groups is 1. The van der Waals surface area contributed by atoms with Crippen molar-refractivity contribution in [2.45, 2.75) is 82.2 Å². The molecule has 6 heteroatoms. The van der Waals surface area contributed by atoms with Crippen molar-refractivity contribution in [2.24, 2.45) is 39.3 Å². The van der Waals surface area contributed by atoms with Crippen molar-refractivity contribution in [1.82, 2.24) is 10.7 Å². The van der Waals surface area contributed by atoms with E-state index in [2.05, 4.69) is 15.8 Å². The van der Waals surface area contributed by atoms with E-state index in [1.807, 2.05) is 0 Å². The Balaban J connectivity index is 1.50. The van der Waals surface area contributed by atoms with E-state index in [9.17, 15) is 0 Å². The highest BCUT2D eigenvalue weighted by Gasteiger charge is 2.51. The van der Waals surface area contributed by atoms with Crippen LogP contribution < -0.4 is 22.2 Å². The van der Waals surface area contributed by atoms with Gasteiger partial charge in [0.05, 0.1) is 6.04 Å². The van der Waals surface area contributed by atoms with Gasteiger partial charge in [-0.15, -0.1) is 5.10 Å². The molecule has 0 aromatic carbocycles. The Bertz CT molecular complexity index is 480. The number of nitrogens with two attached hydrogens (primary N) is 2. The first kappa shape index (κ1) is 16.0. The Morgan fingerprint density at radius 3 is 2.00 bits per heavy atom. The maximum Gasteiger partial charge on any atom is 0.212 e. The van der Waals surface area contributed by atoms with Gasteiger partial charge in [-0.1, -0.05) is 19.3 Å². The maximum atomic E-state index is 5.52. The molecule has 0 unspecified atom stereocenters. The average Bonchev–Trinajstić information content (AvgIpc) is 2.52. The minimum absolute atomic E-state index is 0.0543. The second-order valence-electron chi connectivity index (χ2n) is 8.74. The molecule has 0 aliphatic heterocycles. The summed E-state index contributed by atoms with van der Waals surface area (Å²) in [5, 5.41) is 7.80. The fourth-order valence-electron chi connectivity index (χ4n) is 6.11. The smallest absolute Gasteiger partial charge is 0.212 e. The van der Waals surface area contributed by atoms with E-state index in [4.69, 9.17) is 16.5 Å². The van der Waals surface area contributed by atoms with Crippen molar-refractivity contribution >= 4 is 11.9 Å². The molecule has 0 saturated heterocycles. The van der Waals surface area contributed by atoms with Crippen LogP contribution in [0.25, 0.3) is 0 Å². The Hall–Kier alpha value is -1.46. The first-order valence-electron chi connectivity index (χ1n) is 9.81. The normalized spacial score (nSPS) is 38.8. The van der Waals surface area contributed by atoms with Crippen molar-refractivity contribution in [1.29, 1.82) is 0 Å². The van der Waals surface area contributed by atoms with Crippen LogP contribution in [0.15, 0.2) is 10.1 Å². The number of hydrogen-bond acceptors (Lipinski definition) is 2. The predicted octanol–water partition coefficient (Wildman–Crippen LogP) is 2.01. The van der Waals surface area contributed by atoms with Gasteiger partial charge in [0, 0.05) is 5.54 Å². The summed E-state index contributed by atoms with van der Waals surface area (Å²) in [6.07, 6.45) is 14.4. The van der Waals surface area contributed by atoms with Crippen LogP contribution in [-0.2, 0) is 0 Å². The molecular weight excluding hydrogens is 300 g/mol. The SMILES string of the molecule is NC(N)=NNC(=NC1CCCCC1)NC12CC3CC(CC(C3)C1)C2. The molecular formula is C18H32N6. The van der Waals surface area contributed by atoms with E-state index < -0.39 is 0 Å². The third-order valence-corrected chi connectivity index (χ3v) is 6.60. The molecule has 24 heavy (non-hydrogen) atoms. The number of guanidine groups is 2. The lowest BCUT2D eigenvalue weighted by Gasteiger charge is -2.57. The fraction of sp³-hybridized carbons (Fsp3) is 0.889. The molecule has 0 radical (unpaired) electrons. The van der Waals surface area contributed by atoms with Crippen LogP contribution in [0.3, 0.4) is 0 Å². The second-order valence-corrected chi connectivity index (χ2v) is 8.74. The van der Waals surface area contributed by atoms with Crippen LogP contribution in [0.2, 0.25) is 0 Å². The summed E-state index contributed by atoms with van der Waals surface area (Å²) in [6, 6.07) is 0.400. The van der Waals surface area contributed by atoms with Gasteiger partial charge in [-0.05, 0) is 69.1 Å². The van der Waals surface area contributed by atoms with E-state index >= 15 is 0 Å². The summed E-state index contributed by atoms with van der Waals surface area (Å²) in [6.45, 7) is 0. The van der Waals surface area contributed by atoms with Gasteiger partial charge in [-0.2, -0.15) is 0 Å². The largest absolute Gasteiger partial charge is 0.369 e. The predicted molar refractivity (Wildman–Crippen MR) is 97.3 cm³/mol. The van der Waals surface area contributed by atoms with Crippen molar-refractivity contribution in [2.75, 3.05) is 0 Å². The van der Waals surface area contributed by atoms with E-state index in [0.717, 1.165) is 23.7 Å². The number of hydrogen-bond donors (Lipinski definition) is 4. The molecule has 5 saturated carbocycles. The van der Waals surface area contributed by atoms with E-state index in [1.54, 1.807) is 0 Å². The Labute approximate surface area is 144 Å². The first-order chi connectivity index (χ1) is 11.6. The number of aliphatic imine (C=N–C) groups is 1. The molecule has 0 atom stereocenters. The van der Waals surface area contributed by atoms with Gasteiger partial charge in [0.2, 0.25) is 11.9 Å². The molecule has 6 N–H and O–H groups in total. The molecule has 0 amide bonds. The van der Waals surface area contributed by atoms with Gasteiger partial charge in [0.25, 0.3) is 0 Å². The average molecular weight is 332 g/mol. The van der Waals surface area contributed by atoms with Gasteiger partial charge in [-0.3, -0.25) is 0 Å². The zero-order valence-corrected chi connectivity index (χ0v) is 14.6. The molecule has 4 bridgehead atoms. The van der Waals surface area contributed by atoms with Gasteiger partial charge in [0.15, 0.2) is 0 Å². The highest BCUT2D eigenvalue weighted by Crippen LogP contribution is 2.55. The number of nitrogens with one attached hydrogen (secondary N) is 2. The highest BCUT2D eigenvalue weighted by molar-refractivity contribution is 5.83. The summed E-state index contributed by atoms with van der Waals surface area (Å²) < 4.78 is 0. The minimum Gasteiger partial charge on any atom is -0.369 e. The van der Waals surface area contributed by atoms with Crippen LogP contribution >= 0.6 is 0 Å². The van der Waals surface area contributed by atoms with Crippen LogP contribution in [-0.4, -0.2) is 23.5 Å². The van der Waals surface area contributed by atoms with E-state index in [-0.39, 0.29) is 11.5 Å². The molecule has 0 aromatic heterocycles. The standard InChI is InChI=1S/C18H32N6/c19-16(20)23-24-17(21-15-4-2-1-3-5-15)22-18-9-12-6-13(10-18)8-14(7-12)11-18/h12-15H,1-11H2,(H4,19,20,23)(H2,21,22,24). The Morgan fingerprint density at radius 2 is 1.46 bits per heavy atom. The van der Waals surface area contributed by atoms with Gasteiger partial charge in [0.1, 0.15) is 0 Å². The fourth-order valence-corrected chi connectivity index (χ4v) is 6.11. The van der Waals surface area contributed by atoms with Crippen LogP contribution in [0, 0.1) is 17.8 Å². The van der Waals surface area contributed by atoms with E-state index in [1.165, 1.54) is 70.6 Å². The van der Waals surface area contributed by atoms with E-state index in [0.29, 0.717) is 6.04 Å². The zero-order chi connectivity index (χ0) is 16.6. The zero-order valence-electron chi connectivity index (χ0n) is 14.6. The van der Waals surface area contributed by atoms with Crippen molar-refractivity contribution in [3.63, 3.8) is 0 Å². The highest BCUT2D eigenvalue weighted by atomic mass is 15.4.